The van der Waals surface area contributed by atoms with Gasteiger partial charge in [-0.15, -0.1) is 0 Å². The second-order valence-corrected chi connectivity index (χ2v) is 7.14. The summed E-state index contributed by atoms with van der Waals surface area (Å²) in [6.45, 7) is 10.5. The van der Waals surface area contributed by atoms with Crippen molar-refractivity contribution in [2.75, 3.05) is 5.32 Å². The van der Waals surface area contributed by atoms with Crippen LogP contribution in [0.1, 0.15) is 31.9 Å². The number of aromatic nitrogens is 1. The molecule has 0 aliphatic heterocycles. The summed E-state index contributed by atoms with van der Waals surface area (Å²) in [5.74, 6) is -0.221. The second kappa shape index (κ2) is 6.52. The third-order valence-corrected chi connectivity index (χ3v) is 4.25. The van der Waals surface area contributed by atoms with Crippen LogP contribution in [0.2, 0.25) is 0 Å². The smallest absolute Gasteiger partial charge is 0.255 e. The van der Waals surface area contributed by atoms with Crippen LogP contribution >= 0.6 is 0 Å². The Morgan fingerprint density at radius 1 is 1.00 bits per heavy atom. The van der Waals surface area contributed by atoms with Crippen molar-refractivity contribution in [3.63, 3.8) is 0 Å². The van der Waals surface area contributed by atoms with Crippen molar-refractivity contribution in [2.45, 2.75) is 26.2 Å². The first kappa shape index (κ1) is 16.9. The predicted molar refractivity (Wildman–Crippen MR) is 105 cm³/mol. The summed E-state index contributed by atoms with van der Waals surface area (Å²) < 4.78 is 0. The molecule has 1 aromatic heterocycles. The van der Waals surface area contributed by atoms with E-state index in [0.29, 0.717) is 11.3 Å². The first-order valence-corrected chi connectivity index (χ1v) is 8.31. The van der Waals surface area contributed by atoms with Gasteiger partial charge in [0.05, 0.1) is 11.2 Å². The lowest BCUT2D eigenvalue weighted by Crippen LogP contribution is -2.14. The van der Waals surface area contributed by atoms with Crippen molar-refractivity contribution in [1.29, 1.82) is 0 Å². The minimum Gasteiger partial charge on any atom is -0.320 e. The van der Waals surface area contributed by atoms with Crippen molar-refractivity contribution in [2.24, 2.45) is 0 Å². The number of hydrogen-bond donors (Lipinski definition) is 1. The number of nitrogens with zero attached hydrogens (tertiary/aromatic N) is 1. The molecule has 3 nitrogen and oxygen atoms in total. The Labute approximate surface area is 148 Å². The van der Waals surface area contributed by atoms with E-state index >= 15 is 0 Å². The van der Waals surface area contributed by atoms with E-state index in [1.54, 1.807) is 6.20 Å². The molecule has 0 spiro atoms. The van der Waals surface area contributed by atoms with E-state index in [1.807, 2.05) is 54.6 Å². The standard InChI is InChI=1S/C22H22N2O/c1-15(16-10-12-18(13-11-16)22(2,3)4)21(25)24-19-9-5-7-17-8-6-14-23-20(17)19/h5-14H,1H2,2-4H3,(H,24,25). The molecule has 0 aliphatic rings. The molecule has 1 heterocycles. The van der Waals surface area contributed by atoms with E-state index in [2.05, 4.69) is 37.7 Å². The Balaban J connectivity index is 1.82. The van der Waals surface area contributed by atoms with Crippen LogP contribution in [0, 0.1) is 0 Å². The number of anilines is 1. The summed E-state index contributed by atoms with van der Waals surface area (Å²) in [6.07, 6.45) is 1.72. The van der Waals surface area contributed by atoms with Crippen LogP contribution in [-0.4, -0.2) is 10.9 Å². The van der Waals surface area contributed by atoms with E-state index in [1.165, 1.54) is 5.56 Å². The maximum atomic E-state index is 12.6. The lowest BCUT2D eigenvalue weighted by Gasteiger charge is -2.19. The molecule has 0 fully saturated rings. The number of pyridine rings is 1. The molecule has 126 valence electrons. The van der Waals surface area contributed by atoms with Gasteiger partial charge in [-0.2, -0.15) is 0 Å². The summed E-state index contributed by atoms with van der Waals surface area (Å²) in [6, 6.07) is 17.6. The summed E-state index contributed by atoms with van der Waals surface area (Å²) in [4.78, 5) is 17.0. The number of carbonyl (C=O) groups is 1. The third kappa shape index (κ3) is 3.61. The fraction of sp³-hybridized carbons (Fsp3) is 0.182. The number of nitrogens with one attached hydrogen (secondary N) is 1. The predicted octanol–water partition coefficient (Wildman–Crippen LogP) is 5.18. The van der Waals surface area contributed by atoms with E-state index in [9.17, 15) is 4.79 Å². The van der Waals surface area contributed by atoms with E-state index in [4.69, 9.17) is 0 Å². The molecular weight excluding hydrogens is 308 g/mol. The largest absolute Gasteiger partial charge is 0.320 e. The second-order valence-electron chi connectivity index (χ2n) is 7.14. The van der Waals surface area contributed by atoms with Crippen LogP contribution in [0.5, 0.6) is 0 Å². The highest BCUT2D eigenvalue weighted by atomic mass is 16.1. The zero-order valence-electron chi connectivity index (χ0n) is 14.8. The summed E-state index contributed by atoms with van der Waals surface area (Å²) >= 11 is 0. The number of para-hydroxylation sites is 1. The van der Waals surface area contributed by atoms with Crippen LogP contribution in [0.25, 0.3) is 16.5 Å². The molecule has 0 saturated carbocycles. The summed E-state index contributed by atoms with van der Waals surface area (Å²) in [5.41, 5.74) is 4.02. The van der Waals surface area contributed by atoms with Gasteiger partial charge in [-0.3, -0.25) is 9.78 Å². The first-order chi connectivity index (χ1) is 11.9. The van der Waals surface area contributed by atoms with Crippen LogP contribution in [0.15, 0.2) is 67.4 Å². The number of carbonyl (C=O) groups excluding carboxylic acids is 1. The van der Waals surface area contributed by atoms with Gasteiger partial charge in [-0.25, -0.2) is 0 Å². The van der Waals surface area contributed by atoms with E-state index in [0.717, 1.165) is 16.5 Å². The molecule has 2 aromatic carbocycles. The maximum Gasteiger partial charge on any atom is 0.255 e. The molecule has 0 bridgehead atoms. The lowest BCUT2D eigenvalue weighted by molar-refractivity contribution is -0.111. The third-order valence-electron chi connectivity index (χ3n) is 4.25. The van der Waals surface area contributed by atoms with Crippen molar-refractivity contribution >= 4 is 28.1 Å². The maximum absolute atomic E-state index is 12.6. The Morgan fingerprint density at radius 3 is 2.36 bits per heavy atom. The molecule has 0 aliphatic carbocycles. The van der Waals surface area contributed by atoms with Gasteiger partial charge in [0.2, 0.25) is 0 Å². The molecular formula is C22H22N2O. The molecule has 0 radical (unpaired) electrons. The van der Waals surface area contributed by atoms with Crippen LogP contribution in [0.3, 0.4) is 0 Å². The van der Waals surface area contributed by atoms with Gasteiger partial charge < -0.3 is 5.32 Å². The number of amides is 1. The molecule has 0 saturated heterocycles. The Morgan fingerprint density at radius 2 is 1.68 bits per heavy atom. The summed E-state index contributed by atoms with van der Waals surface area (Å²) in [7, 11) is 0. The van der Waals surface area contributed by atoms with Gasteiger partial charge in [-0.05, 0) is 28.7 Å². The highest BCUT2D eigenvalue weighted by molar-refractivity contribution is 6.25. The van der Waals surface area contributed by atoms with Gasteiger partial charge in [-0.1, -0.05) is 69.8 Å². The van der Waals surface area contributed by atoms with Crippen molar-refractivity contribution < 1.29 is 4.79 Å². The first-order valence-electron chi connectivity index (χ1n) is 8.31. The average Bonchev–Trinajstić information content (AvgIpc) is 2.61. The quantitative estimate of drug-likeness (QED) is 0.672. The Bertz CT molecular complexity index is 929. The minimum absolute atomic E-state index is 0.0801. The Hall–Kier alpha value is -2.94. The number of fused-ring (bicyclic) bond motifs is 1. The highest BCUT2D eigenvalue weighted by Gasteiger charge is 2.15. The fourth-order valence-electron chi connectivity index (χ4n) is 2.71. The minimum atomic E-state index is -0.221. The molecule has 3 rings (SSSR count). The monoisotopic (exact) mass is 330 g/mol. The van der Waals surface area contributed by atoms with Crippen LogP contribution in [0.4, 0.5) is 5.69 Å². The fourth-order valence-corrected chi connectivity index (χ4v) is 2.71. The molecule has 1 amide bonds. The van der Waals surface area contributed by atoms with Gasteiger partial charge in [0.1, 0.15) is 0 Å². The Kier molecular flexibility index (Phi) is 4.41. The van der Waals surface area contributed by atoms with Gasteiger partial charge >= 0.3 is 0 Å². The zero-order chi connectivity index (χ0) is 18.0. The van der Waals surface area contributed by atoms with Crippen LogP contribution < -0.4 is 5.32 Å². The SMILES string of the molecule is C=C(C(=O)Nc1cccc2cccnc12)c1ccc(C(C)(C)C)cc1. The summed E-state index contributed by atoms with van der Waals surface area (Å²) in [5, 5.41) is 3.91. The highest BCUT2D eigenvalue weighted by Crippen LogP contribution is 2.25. The van der Waals surface area contributed by atoms with E-state index in [-0.39, 0.29) is 11.3 Å². The van der Waals surface area contributed by atoms with E-state index < -0.39 is 0 Å². The average molecular weight is 330 g/mol. The topological polar surface area (TPSA) is 42.0 Å². The number of benzene rings is 2. The van der Waals surface area contributed by atoms with Crippen molar-refractivity contribution in [3.8, 4) is 0 Å². The molecule has 3 aromatic rings. The molecule has 0 atom stereocenters. The molecule has 3 heteroatoms. The molecule has 1 N–H and O–H groups in total. The van der Waals surface area contributed by atoms with Gasteiger partial charge in [0, 0.05) is 17.2 Å². The molecule has 0 unspecified atom stereocenters. The van der Waals surface area contributed by atoms with Crippen molar-refractivity contribution in [1.82, 2.24) is 4.98 Å². The number of rotatable bonds is 3. The normalized spacial score (nSPS) is 11.3. The zero-order valence-corrected chi connectivity index (χ0v) is 14.8. The number of hydrogen-bond acceptors (Lipinski definition) is 2. The molecule has 25 heavy (non-hydrogen) atoms. The van der Waals surface area contributed by atoms with Crippen molar-refractivity contribution in [3.05, 3.63) is 78.5 Å². The van der Waals surface area contributed by atoms with Gasteiger partial charge in [0.15, 0.2) is 0 Å². The van der Waals surface area contributed by atoms with Crippen LogP contribution in [-0.2, 0) is 10.2 Å². The lowest BCUT2D eigenvalue weighted by atomic mass is 9.86. The van der Waals surface area contributed by atoms with Gasteiger partial charge in [0.25, 0.3) is 5.91 Å².